The van der Waals surface area contributed by atoms with Gasteiger partial charge in [-0.1, -0.05) is 84.9 Å². The number of hydrogen-bond donors (Lipinski definition) is 1. The van der Waals surface area contributed by atoms with Gasteiger partial charge < -0.3 is 9.55 Å². The molecular formula is C32H20N2. The lowest BCUT2D eigenvalue weighted by Crippen LogP contribution is -1.92. The van der Waals surface area contributed by atoms with Crippen LogP contribution in [0.4, 0.5) is 0 Å². The first-order chi connectivity index (χ1) is 16.9. The molecule has 0 spiro atoms. The van der Waals surface area contributed by atoms with Crippen molar-refractivity contribution in [2.24, 2.45) is 0 Å². The molecule has 0 fully saturated rings. The summed E-state index contributed by atoms with van der Waals surface area (Å²) in [6.45, 7) is 0. The van der Waals surface area contributed by atoms with Gasteiger partial charge in [0.25, 0.3) is 0 Å². The molecule has 2 heterocycles. The summed E-state index contributed by atoms with van der Waals surface area (Å²) in [6, 6.07) is 41.6. The average Bonchev–Trinajstić information content (AvgIpc) is 3.44. The Morgan fingerprint density at radius 1 is 0.441 bits per heavy atom. The van der Waals surface area contributed by atoms with Crippen molar-refractivity contribution >= 4 is 65.2 Å². The number of aromatic amines is 1. The molecule has 0 aliphatic carbocycles. The molecule has 0 aliphatic heterocycles. The summed E-state index contributed by atoms with van der Waals surface area (Å²) in [6.07, 6.45) is 0. The van der Waals surface area contributed by atoms with Crippen LogP contribution < -0.4 is 0 Å². The van der Waals surface area contributed by atoms with E-state index in [0.717, 1.165) is 0 Å². The van der Waals surface area contributed by atoms with Crippen LogP contribution in [0.2, 0.25) is 0 Å². The predicted molar refractivity (Wildman–Crippen MR) is 145 cm³/mol. The van der Waals surface area contributed by atoms with Crippen LogP contribution in [0, 0.1) is 0 Å². The van der Waals surface area contributed by atoms with Gasteiger partial charge in [-0.15, -0.1) is 0 Å². The van der Waals surface area contributed by atoms with Gasteiger partial charge in [0, 0.05) is 38.1 Å². The minimum absolute atomic E-state index is 1.18. The smallest absolute Gasteiger partial charge is 0.0551 e. The Hall–Kier alpha value is -4.56. The van der Waals surface area contributed by atoms with Crippen molar-refractivity contribution in [3.8, 4) is 5.69 Å². The van der Waals surface area contributed by atoms with Crippen molar-refractivity contribution in [3.63, 3.8) is 0 Å². The van der Waals surface area contributed by atoms with Crippen molar-refractivity contribution in [2.45, 2.75) is 0 Å². The third kappa shape index (κ3) is 2.24. The van der Waals surface area contributed by atoms with Crippen LogP contribution in [-0.2, 0) is 0 Å². The number of benzene rings is 6. The number of fused-ring (bicyclic) bond motifs is 11. The van der Waals surface area contributed by atoms with E-state index in [1.807, 2.05) is 0 Å². The molecule has 0 bridgehead atoms. The van der Waals surface area contributed by atoms with Crippen molar-refractivity contribution < 1.29 is 0 Å². The molecule has 2 aromatic heterocycles. The highest BCUT2D eigenvalue weighted by molar-refractivity contribution is 6.32. The first-order valence-electron chi connectivity index (χ1n) is 11.7. The van der Waals surface area contributed by atoms with Crippen LogP contribution in [-0.4, -0.2) is 9.55 Å². The normalized spacial score (nSPS) is 12.1. The van der Waals surface area contributed by atoms with E-state index in [1.165, 1.54) is 70.8 Å². The molecule has 8 aromatic rings. The molecule has 2 nitrogen and oxygen atoms in total. The van der Waals surface area contributed by atoms with E-state index in [2.05, 4.69) is 125 Å². The van der Waals surface area contributed by atoms with Crippen LogP contribution in [0.25, 0.3) is 70.8 Å². The highest BCUT2D eigenvalue weighted by atomic mass is 15.0. The van der Waals surface area contributed by atoms with Gasteiger partial charge in [0.15, 0.2) is 0 Å². The quantitative estimate of drug-likeness (QED) is 0.250. The van der Waals surface area contributed by atoms with Crippen molar-refractivity contribution in [2.75, 3.05) is 0 Å². The summed E-state index contributed by atoms with van der Waals surface area (Å²) >= 11 is 0. The third-order valence-corrected chi connectivity index (χ3v) is 7.29. The fraction of sp³-hybridized carbons (Fsp3) is 0. The zero-order valence-electron chi connectivity index (χ0n) is 18.4. The molecule has 158 valence electrons. The maximum Gasteiger partial charge on any atom is 0.0551 e. The Labute approximate surface area is 195 Å². The van der Waals surface area contributed by atoms with Gasteiger partial charge in [0.05, 0.1) is 16.6 Å². The van der Waals surface area contributed by atoms with Crippen LogP contribution in [0.1, 0.15) is 0 Å². The molecule has 0 unspecified atom stereocenters. The molecule has 34 heavy (non-hydrogen) atoms. The van der Waals surface area contributed by atoms with E-state index < -0.39 is 0 Å². The molecule has 0 saturated carbocycles. The maximum absolute atomic E-state index is 3.81. The van der Waals surface area contributed by atoms with Gasteiger partial charge in [0.1, 0.15) is 0 Å². The van der Waals surface area contributed by atoms with E-state index in [4.69, 9.17) is 0 Å². The fourth-order valence-electron chi connectivity index (χ4n) is 5.87. The Bertz CT molecular complexity index is 2060. The number of hydrogen-bond acceptors (Lipinski definition) is 0. The van der Waals surface area contributed by atoms with E-state index in [0.29, 0.717) is 0 Å². The molecule has 6 aromatic carbocycles. The number of H-pyrrole nitrogens is 1. The van der Waals surface area contributed by atoms with Gasteiger partial charge in [-0.25, -0.2) is 0 Å². The zero-order chi connectivity index (χ0) is 22.2. The second kappa shape index (κ2) is 6.49. The monoisotopic (exact) mass is 432 g/mol. The summed E-state index contributed by atoms with van der Waals surface area (Å²) in [5.74, 6) is 0. The second-order valence-corrected chi connectivity index (χ2v) is 9.07. The van der Waals surface area contributed by atoms with E-state index in [1.54, 1.807) is 0 Å². The second-order valence-electron chi connectivity index (χ2n) is 9.07. The number of para-hydroxylation sites is 2. The molecule has 1 N–H and O–H groups in total. The Morgan fingerprint density at radius 2 is 1.06 bits per heavy atom. The number of nitrogens with one attached hydrogen (secondary N) is 1. The number of nitrogens with zero attached hydrogens (tertiary/aromatic N) is 1. The fourth-order valence-corrected chi connectivity index (χ4v) is 5.87. The SMILES string of the molecule is c1ccc(-n2c3ccccc3c3cc4[nH]c5c6ccccc6c6ccccc6c5c4cc32)cc1. The lowest BCUT2D eigenvalue weighted by molar-refractivity contribution is 1.18. The summed E-state index contributed by atoms with van der Waals surface area (Å²) in [7, 11) is 0. The molecule has 0 atom stereocenters. The van der Waals surface area contributed by atoms with Gasteiger partial charge in [-0.3, -0.25) is 0 Å². The summed E-state index contributed by atoms with van der Waals surface area (Å²) in [5, 5.41) is 10.3. The topological polar surface area (TPSA) is 20.7 Å². The van der Waals surface area contributed by atoms with Crippen LogP contribution in [0.5, 0.6) is 0 Å². The zero-order valence-corrected chi connectivity index (χ0v) is 18.4. The van der Waals surface area contributed by atoms with Crippen LogP contribution in [0.15, 0.2) is 115 Å². The molecule has 0 radical (unpaired) electrons. The third-order valence-electron chi connectivity index (χ3n) is 7.29. The summed E-state index contributed by atoms with van der Waals surface area (Å²) < 4.78 is 2.40. The first kappa shape index (κ1) is 17.9. The highest BCUT2D eigenvalue weighted by Crippen LogP contribution is 2.42. The van der Waals surface area contributed by atoms with Gasteiger partial charge in [-0.05, 0) is 46.5 Å². The van der Waals surface area contributed by atoms with Crippen LogP contribution in [0.3, 0.4) is 0 Å². The average molecular weight is 433 g/mol. The minimum Gasteiger partial charge on any atom is -0.354 e. The van der Waals surface area contributed by atoms with Gasteiger partial charge >= 0.3 is 0 Å². The molecular weight excluding hydrogens is 412 g/mol. The molecule has 0 saturated heterocycles. The van der Waals surface area contributed by atoms with E-state index in [9.17, 15) is 0 Å². The van der Waals surface area contributed by atoms with E-state index in [-0.39, 0.29) is 0 Å². The highest BCUT2D eigenvalue weighted by Gasteiger charge is 2.17. The number of rotatable bonds is 1. The van der Waals surface area contributed by atoms with Crippen molar-refractivity contribution in [1.29, 1.82) is 0 Å². The molecule has 0 amide bonds. The largest absolute Gasteiger partial charge is 0.354 e. The van der Waals surface area contributed by atoms with Crippen molar-refractivity contribution in [3.05, 3.63) is 115 Å². The predicted octanol–water partition coefficient (Wildman–Crippen LogP) is 8.72. The van der Waals surface area contributed by atoms with Crippen molar-refractivity contribution in [1.82, 2.24) is 9.55 Å². The minimum atomic E-state index is 1.18. The summed E-state index contributed by atoms with van der Waals surface area (Å²) in [5.41, 5.74) is 6.05. The molecule has 0 aliphatic rings. The molecule has 2 heteroatoms. The first-order valence-corrected chi connectivity index (χ1v) is 11.7. The van der Waals surface area contributed by atoms with Gasteiger partial charge in [-0.2, -0.15) is 0 Å². The maximum atomic E-state index is 3.81. The van der Waals surface area contributed by atoms with Crippen LogP contribution >= 0.6 is 0 Å². The Morgan fingerprint density at radius 3 is 1.85 bits per heavy atom. The lowest BCUT2D eigenvalue weighted by Gasteiger charge is -2.08. The van der Waals surface area contributed by atoms with Gasteiger partial charge in [0.2, 0.25) is 0 Å². The lowest BCUT2D eigenvalue weighted by atomic mass is 9.96. The molecule has 8 rings (SSSR count). The standard InChI is InChI=1S/C32H20N2/c1-2-10-20(11-3-1)34-29-17-9-8-14-23(29)26-18-28-27(19-30(26)34)31-24-15-6-4-12-21(24)22-13-5-7-16-25(22)32(31)33-28/h1-19,33H. The Balaban J connectivity index is 1.64. The Kier molecular flexibility index (Phi) is 3.42. The summed E-state index contributed by atoms with van der Waals surface area (Å²) in [4.78, 5) is 3.81. The van der Waals surface area contributed by atoms with E-state index >= 15 is 0 Å². The number of aromatic nitrogens is 2.